The van der Waals surface area contributed by atoms with Crippen molar-refractivity contribution in [1.29, 1.82) is 0 Å². The summed E-state index contributed by atoms with van der Waals surface area (Å²) in [6.07, 6.45) is 2.47. The first-order valence-electron chi connectivity index (χ1n) is 6.54. The van der Waals surface area contributed by atoms with E-state index in [-0.39, 0.29) is 6.10 Å². The molecule has 2 aromatic rings. The molecule has 18 heavy (non-hydrogen) atoms. The van der Waals surface area contributed by atoms with Crippen LogP contribution in [0.3, 0.4) is 0 Å². The maximum absolute atomic E-state index is 9.43. The molecule has 0 aliphatic heterocycles. The summed E-state index contributed by atoms with van der Waals surface area (Å²) >= 11 is 0. The van der Waals surface area contributed by atoms with Crippen molar-refractivity contribution in [3.05, 3.63) is 24.0 Å². The Morgan fingerprint density at radius 3 is 2.89 bits per heavy atom. The number of nitrogens with zero attached hydrogens (tertiary/aromatic N) is 2. The van der Waals surface area contributed by atoms with Gasteiger partial charge in [-0.05, 0) is 38.0 Å². The number of benzene rings is 1. The number of hydrogen-bond donors (Lipinski definition) is 2. The highest BCUT2D eigenvalue weighted by atomic mass is 16.3. The summed E-state index contributed by atoms with van der Waals surface area (Å²) < 4.78 is 2.20. The zero-order valence-electron chi connectivity index (χ0n) is 11.1. The van der Waals surface area contributed by atoms with Crippen LogP contribution in [0.1, 0.15) is 32.5 Å². The van der Waals surface area contributed by atoms with E-state index >= 15 is 0 Å². The Labute approximate surface area is 107 Å². The molecule has 0 radical (unpaired) electrons. The maximum Gasteiger partial charge on any atom is 0.109 e. The Balaban J connectivity index is 2.41. The van der Waals surface area contributed by atoms with Crippen molar-refractivity contribution < 1.29 is 5.11 Å². The lowest BCUT2D eigenvalue weighted by molar-refractivity contribution is 0.178. The van der Waals surface area contributed by atoms with Gasteiger partial charge in [-0.25, -0.2) is 4.98 Å². The molecule has 1 aromatic carbocycles. The first-order chi connectivity index (χ1) is 8.61. The molecule has 1 heterocycles. The third-order valence-electron chi connectivity index (χ3n) is 3.10. The number of fused-ring (bicyclic) bond motifs is 1. The van der Waals surface area contributed by atoms with Crippen molar-refractivity contribution >= 4 is 16.7 Å². The summed E-state index contributed by atoms with van der Waals surface area (Å²) in [4.78, 5) is 4.64. The minimum atomic E-state index is -0.286. The SMILES string of the molecule is CCCc1nc2cc(N)ccc2n1CCC(C)O. The van der Waals surface area contributed by atoms with Crippen molar-refractivity contribution in [2.45, 2.75) is 45.8 Å². The van der Waals surface area contributed by atoms with Gasteiger partial charge in [0.25, 0.3) is 0 Å². The van der Waals surface area contributed by atoms with E-state index in [1.807, 2.05) is 25.1 Å². The van der Waals surface area contributed by atoms with Crippen LogP contribution >= 0.6 is 0 Å². The lowest BCUT2D eigenvalue weighted by Gasteiger charge is -2.10. The number of nitrogens with two attached hydrogens (primary N) is 1. The normalized spacial score (nSPS) is 13.1. The quantitative estimate of drug-likeness (QED) is 0.797. The molecule has 4 heteroatoms. The summed E-state index contributed by atoms with van der Waals surface area (Å²) in [5.74, 6) is 1.08. The predicted molar refractivity (Wildman–Crippen MR) is 74.4 cm³/mol. The van der Waals surface area contributed by atoms with Crippen molar-refractivity contribution in [1.82, 2.24) is 9.55 Å². The average molecular weight is 247 g/mol. The van der Waals surface area contributed by atoms with E-state index in [4.69, 9.17) is 5.73 Å². The Morgan fingerprint density at radius 2 is 2.22 bits per heavy atom. The fourth-order valence-electron chi connectivity index (χ4n) is 2.18. The van der Waals surface area contributed by atoms with Gasteiger partial charge in [-0.3, -0.25) is 0 Å². The molecule has 2 rings (SSSR count). The Bertz CT molecular complexity index is 531. The van der Waals surface area contributed by atoms with Crippen LogP contribution in [0.5, 0.6) is 0 Å². The second kappa shape index (κ2) is 5.40. The monoisotopic (exact) mass is 247 g/mol. The number of aryl methyl sites for hydroxylation is 2. The van der Waals surface area contributed by atoms with Crippen molar-refractivity contribution in [3.63, 3.8) is 0 Å². The number of aliphatic hydroxyl groups excluding tert-OH is 1. The third kappa shape index (κ3) is 2.64. The number of imidazole rings is 1. The van der Waals surface area contributed by atoms with E-state index in [0.717, 1.165) is 48.4 Å². The van der Waals surface area contributed by atoms with E-state index in [1.165, 1.54) is 0 Å². The van der Waals surface area contributed by atoms with Gasteiger partial charge in [0.1, 0.15) is 5.82 Å². The fourth-order valence-corrected chi connectivity index (χ4v) is 2.18. The molecular formula is C14H21N3O. The zero-order chi connectivity index (χ0) is 13.1. The largest absolute Gasteiger partial charge is 0.399 e. The van der Waals surface area contributed by atoms with Crippen LogP contribution in [-0.2, 0) is 13.0 Å². The number of hydrogen-bond acceptors (Lipinski definition) is 3. The van der Waals surface area contributed by atoms with Gasteiger partial charge >= 0.3 is 0 Å². The third-order valence-corrected chi connectivity index (χ3v) is 3.10. The number of aromatic nitrogens is 2. The molecule has 0 amide bonds. The lowest BCUT2D eigenvalue weighted by atomic mass is 10.2. The van der Waals surface area contributed by atoms with Crippen LogP contribution in [0, 0.1) is 0 Å². The van der Waals surface area contributed by atoms with Crippen LogP contribution in [0.15, 0.2) is 18.2 Å². The van der Waals surface area contributed by atoms with E-state index in [2.05, 4.69) is 16.5 Å². The first kappa shape index (κ1) is 12.9. The van der Waals surface area contributed by atoms with Crippen LogP contribution in [0.4, 0.5) is 5.69 Å². The molecule has 0 saturated carbocycles. The van der Waals surface area contributed by atoms with Crippen LogP contribution in [-0.4, -0.2) is 20.8 Å². The molecule has 0 saturated heterocycles. The summed E-state index contributed by atoms with van der Waals surface area (Å²) in [6.45, 7) is 4.76. The molecular weight excluding hydrogens is 226 g/mol. The highest BCUT2D eigenvalue weighted by Gasteiger charge is 2.10. The zero-order valence-corrected chi connectivity index (χ0v) is 11.1. The van der Waals surface area contributed by atoms with Crippen LogP contribution in [0.2, 0.25) is 0 Å². The van der Waals surface area contributed by atoms with Gasteiger partial charge in [0, 0.05) is 18.7 Å². The number of anilines is 1. The molecule has 0 spiro atoms. The molecule has 0 aliphatic rings. The lowest BCUT2D eigenvalue weighted by Crippen LogP contribution is -2.09. The second-order valence-electron chi connectivity index (χ2n) is 4.82. The average Bonchev–Trinajstić information content (AvgIpc) is 2.63. The molecule has 0 bridgehead atoms. The van der Waals surface area contributed by atoms with Crippen molar-refractivity contribution in [2.24, 2.45) is 0 Å². The van der Waals surface area contributed by atoms with E-state index in [0.29, 0.717) is 0 Å². The molecule has 0 fully saturated rings. The first-order valence-corrected chi connectivity index (χ1v) is 6.54. The molecule has 1 atom stereocenters. The Morgan fingerprint density at radius 1 is 1.44 bits per heavy atom. The molecule has 3 N–H and O–H groups in total. The molecule has 4 nitrogen and oxygen atoms in total. The standard InChI is InChI=1S/C14H21N3O/c1-3-4-14-16-12-9-11(15)5-6-13(12)17(14)8-7-10(2)18/h5-6,9-10,18H,3-4,7-8,15H2,1-2H3. The van der Waals surface area contributed by atoms with Crippen molar-refractivity contribution in [2.75, 3.05) is 5.73 Å². The van der Waals surface area contributed by atoms with Crippen LogP contribution in [0.25, 0.3) is 11.0 Å². The van der Waals surface area contributed by atoms with Gasteiger partial charge in [-0.2, -0.15) is 0 Å². The highest BCUT2D eigenvalue weighted by Crippen LogP contribution is 2.20. The smallest absolute Gasteiger partial charge is 0.109 e. The topological polar surface area (TPSA) is 64.1 Å². The second-order valence-corrected chi connectivity index (χ2v) is 4.82. The minimum Gasteiger partial charge on any atom is -0.399 e. The van der Waals surface area contributed by atoms with E-state index in [1.54, 1.807) is 0 Å². The van der Waals surface area contributed by atoms with Gasteiger partial charge in [-0.1, -0.05) is 6.92 Å². The Kier molecular flexibility index (Phi) is 3.87. The summed E-state index contributed by atoms with van der Waals surface area (Å²) in [6, 6.07) is 5.82. The van der Waals surface area contributed by atoms with E-state index < -0.39 is 0 Å². The van der Waals surface area contributed by atoms with Gasteiger partial charge in [0.05, 0.1) is 17.1 Å². The maximum atomic E-state index is 9.43. The fraction of sp³-hybridized carbons (Fsp3) is 0.500. The highest BCUT2D eigenvalue weighted by molar-refractivity contribution is 5.79. The molecule has 1 unspecified atom stereocenters. The van der Waals surface area contributed by atoms with Gasteiger partial charge in [0.15, 0.2) is 0 Å². The number of nitrogen functional groups attached to an aromatic ring is 1. The van der Waals surface area contributed by atoms with Gasteiger partial charge in [-0.15, -0.1) is 0 Å². The predicted octanol–water partition coefficient (Wildman–Crippen LogP) is 2.34. The molecule has 0 aliphatic carbocycles. The van der Waals surface area contributed by atoms with E-state index in [9.17, 15) is 5.11 Å². The van der Waals surface area contributed by atoms with Gasteiger partial charge < -0.3 is 15.4 Å². The molecule has 98 valence electrons. The van der Waals surface area contributed by atoms with Gasteiger partial charge in [0.2, 0.25) is 0 Å². The summed E-state index contributed by atoms with van der Waals surface area (Å²) in [5, 5.41) is 9.43. The van der Waals surface area contributed by atoms with Crippen LogP contribution < -0.4 is 5.73 Å². The Hall–Kier alpha value is -1.55. The summed E-state index contributed by atoms with van der Waals surface area (Å²) in [5.41, 5.74) is 8.58. The molecule has 1 aromatic heterocycles. The number of rotatable bonds is 5. The van der Waals surface area contributed by atoms with Crippen molar-refractivity contribution in [3.8, 4) is 0 Å². The minimum absolute atomic E-state index is 0.286. The summed E-state index contributed by atoms with van der Waals surface area (Å²) in [7, 11) is 0. The number of aliphatic hydroxyl groups is 1.